The van der Waals surface area contributed by atoms with Crippen LogP contribution in [0.3, 0.4) is 0 Å². The first kappa shape index (κ1) is 25.5. The number of nitrogens with zero attached hydrogens (tertiary/aromatic N) is 2. The number of aliphatic hydroxyl groups is 1. The Morgan fingerprint density at radius 1 is 1.25 bits per heavy atom. The monoisotopic (exact) mass is 553 g/mol. The Balaban J connectivity index is 1.53. The molecule has 4 unspecified atom stereocenters. The average molecular weight is 554 g/mol. The molecular weight excluding hydrogens is 522 g/mol. The van der Waals surface area contributed by atoms with E-state index in [0.717, 1.165) is 30.4 Å². The molecule has 0 spiro atoms. The summed E-state index contributed by atoms with van der Waals surface area (Å²) in [5.74, 6) is -0.929. The van der Waals surface area contributed by atoms with Crippen LogP contribution in [-0.4, -0.2) is 63.2 Å². The lowest BCUT2D eigenvalue weighted by Gasteiger charge is -2.43. The van der Waals surface area contributed by atoms with Crippen LogP contribution in [0, 0.1) is 23.2 Å². The SMILES string of the molecule is CC(C)(C)CCN1C(=O)C(C2=NS(=O)(=O)c3c(CCS(C)(=O)=O)csc3N2)=C(O)C2C3C=CC(C3)C21. The van der Waals surface area contributed by atoms with Crippen LogP contribution in [0.1, 0.15) is 39.2 Å². The molecule has 2 aliphatic heterocycles. The number of thiophene rings is 1. The Labute approximate surface area is 216 Å². The molecule has 1 aromatic heterocycles. The molecule has 12 heteroatoms. The highest BCUT2D eigenvalue weighted by Crippen LogP contribution is 2.52. The molecule has 1 fully saturated rings. The molecule has 196 valence electrons. The lowest BCUT2D eigenvalue weighted by Crippen LogP contribution is -2.54. The molecule has 3 heterocycles. The van der Waals surface area contributed by atoms with E-state index in [0.29, 0.717) is 12.1 Å². The van der Waals surface area contributed by atoms with Gasteiger partial charge in [-0.3, -0.25) is 4.79 Å². The Kier molecular flexibility index (Phi) is 5.96. The summed E-state index contributed by atoms with van der Waals surface area (Å²) in [4.78, 5) is 15.6. The molecule has 0 aromatic carbocycles. The van der Waals surface area contributed by atoms with Crippen LogP contribution in [0.4, 0.5) is 5.00 Å². The largest absolute Gasteiger partial charge is 0.511 e. The number of hydrogen-bond acceptors (Lipinski definition) is 8. The molecule has 0 saturated heterocycles. The maximum absolute atomic E-state index is 13.8. The molecule has 2 aliphatic carbocycles. The smallest absolute Gasteiger partial charge is 0.287 e. The highest BCUT2D eigenvalue weighted by molar-refractivity contribution is 7.91. The van der Waals surface area contributed by atoms with Crippen LogP contribution < -0.4 is 5.32 Å². The van der Waals surface area contributed by atoms with Crippen molar-refractivity contribution in [2.45, 2.75) is 51.0 Å². The molecule has 2 N–H and O–H groups in total. The van der Waals surface area contributed by atoms with E-state index in [2.05, 4.69) is 42.6 Å². The molecule has 9 nitrogen and oxygen atoms in total. The van der Waals surface area contributed by atoms with Gasteiger partial charge >= 0.3 is 0 Å². The fourth-order valence-electron chi connectivity index (χ4n) is 5.69. The van der Waals surface area contributed by atoms with Gasteiger partial charge in [0, 0.05) is 24.8 Å². The van der Waals surface area contributed by atoms with Crippen LogP contribution in [0.15, 0.2) is 38.2 Å². The minimum absolute atomic E-state index is 0.00914. The van der Waals surface area contributed by atoms with E-state index in [-0.39, 0.29) is 68.4 Å². The maximum atomic E-state index is 13.8. The minimum Gasteiger partial charge on any atom is -0.511 e. The summed E-state index contributed by atoms with van der Waals surface area (Å²) in [6.45, 7) is 6.81. The number of allylic oxidation sites excluding steroid dienone is 1. The van der Waals surface area contributed by atoms with Gasteiger partial charge in [0.1, 0.15) is 31.1 Å². The predicted molar refractivity (Wildman–Crippen MR) is 139 cm³/mol. The van der Waals surface area contributed by atoms with Crippen LogP contribution >= 0.6 is 11.3 Å². The number of fused-ring (bicyclic) bond motifs is 6. The van der Waals surface area contributed by atoms with Crippen molar-refractivity contribution in [3.63, 3.8) is 0 Å². The number of aliphatic hydroxyl groups excluding tert-OH is 1. The zero-order valence-corrected chi connectivity index (χ0v) is 23.1. The number of rotatable bonds is 6. The molecule has 5 rings (SSSR count). The number of aryl methyl sites for hydroxylation is 1. The van der Waals surface area contributed by atoms with Crippen molar-refractivity contribution in [1.29, 1.82) is 0 Å². The number of carbonyl (C=O) groups excluding carboxylic acids is 1. The third-order valence-corrected chi connectivity index (χ3v) is 10.8. The lowest BCUT2D eigenvalue weighted by molar-refractivity contribution is -0.132. The number of carbonyl (C=O) groups is 1. The first-order chi connectivity index (χ1) is 16.7. The summed E-state index contributed by atoms with van der Waals surface area (Å²) in [6, 6.07) is -0.153. The number of amides is 1. The van der Waals surface area contributed by atoms with E-state index in [4.69, 9.17) is 0 Å². The highest BCUT2D eigenvalue weighted by atomic mass is 32.2. The molecule has 4 atom stereocenters. The number of sulfone groups is 1. The number of sulfonamides is 1. The standard InChI is InChI=1S/C24H31N3O6S3/c1-24(2,3)8-9-27-18-14-6-5-13(11-14)16(18)19(28)17(23(27)29)21-25-22-20(36(32,33)26-21)15(12-34-22)7-10-35(4,30)31/h5-6,12-14,16,18,28H,7-11H2,1-4H3,(H,25,26). The third-order valence-electron chi connectivity index (χ3n) is 7.42. The Bertz CT molecular complexity index is 1430. The van der Waals surface area contributed by atoms with Gasteiger partial charge in [0.25, 0.3) is 15.9 Å². The molecule has 4 aliphatic rings. The second-order valence-electron chi connectivity index (χ2n) is 11.4. The van der Waals surface area contributed by atoms with Gasteiger partial charge in [-0.15, -0.1) is 15.7 Å². The number of anilines is 1. The fourth-order valence-corrected chi connectivity index (χ4v) is 8.96. The Morgan fingerprint density at radius 2 is 1.94 bits per heavy atom. The summed E-state index contributed by atoms with van der Waals surface area (Å²) in [5, 5.41) is 16.2. The van der Waals surface area contributed by atoms with Crippen LogP contribution in [0.25, 0.3) is 0 Å². The van der Waals surface area contributed by atoms with E-state index in [9.17, 15) is 26.7 Å². The van der Waals surface area contributed by atoms with E-state index in [1.807, 2.05) is 0 Å². The van der Waals surface area contributed by atoms with E-state index < -0.39 is 25.8 Å². The van der Waals surface area contributed by atoms with Gasteiger partial charge in [-0.2, -0.15) is 8.42 Å². The van der Waals surface area contributed by atoms with Gasteiger partial charge in [-0.25, -0.2) is 8.42 Å². The van der Waals surface area contributed by atoms with Gasteiger partial charge in [-0.1, -0.05) is 32.9 Å². The van der Waals surface area contributed by atoms with E-state index in [1.165, 1.54) is 0 Å². The van der Waals surface area contributed by atoms with Gasteiger partial charge in [0.2, 0.25) is 0 Å². The van der Waals surface area contributed by atoms with Crippen molar-refractivity contribution in [2.24, 2.45) is 27.6 Å². The van der Waals surface area contributed by atoms with Gasteiger partial charge < -0.3 is 15.3 Å². The lowest BCUT2D eigenvalue weighted by atomic mass is 9.80. The van der Waals surface area contributed by atoms with Crippen LogP contribution in [0.2, 0.25) is 0 Å². The first-order valence-electron chi connectivity index (χ1n) is 12.0. The maximum Gasteiger partial charge on any atom is 0.287 e. The second-order valence-corrected chi connectivity index (χ2v) is 16.1. The Hall–Kier alpha value is -2.18. The van der Waals surface area contributed by atoms with Crippen molar-refractivity contribution < 1.29 is 26.7 Å². The van der Waals surface area contributed by atoms with Gasteiger partial charge in [0.05, 0.1) is 5.75 Å². The predicted octanol–water partition coefficient (Wildman–Crippen LogP) is 3.13. The fraction of sp³-hybridized carbons (Fsp3) is 0.583. The van der Waals surface area contributed by atoms with Crippen molar-refractivity contribution in [3.8, 4) is 0 Å². The second kappa shape index (κ2) is 8.42. The topological polar surface area (TPSA) is 133 Å². The van der Waals surface area contributed by atoms with Crippen molar-refractivity contribution in [3.05, 3.63) is 34.4 Å². The summed E-state index contributed by atoms with van der Waals surface area (Å²) in [7, 11) is -7.50. The number of amidine groups is 1. The summed E-state index contributed by atoms with van der Waals surface area (Å²) in [5.41, 5.74) is 0.269. The van der Waals surface area contributed by atoms with Crippen molar-refractivity contribution >= 4 is 47.9 Å². The highest BCUT2D eigenvalue weighted by Gasteiger charge is 2.55. The first-order valence-corrected chi connectivity index (χ1v) is 16.4. The summed E-state index contributed by atoms with van der Waals surface area (Å²) in [6.07, 6.45) is 6.95. The van der Waals surface area contributed by atoms with E-state index >= 15 is 0 Å². The molecule has 2 bridgehead atoms. The summed E-state index contributed by atoms with van der Waals surface area (Å²) < 4.78 is 53.6. The quantitative estimate of drug-likeness (QED) is 0.517. The summed E-state index contributed by atoms with van der Waals surface area (Å²) >= 11 is 1.11. The molecule has 36 heavy (non-hydrogen) atoms. The third kappa shape index (κ3) is 4.41. The van der Waals surface area contributed by atoms with E-state index in [1.54, 1.807) is 10.3 Å². The molecule has 1 aromatic rings. The van der Waals surface area contributed by atoms with Crippen LogP contribution in [-0.2, 0) is 31.1 Å². The minimum atomic E-state index is -4.22. The number of hydrogen-bond donors (Lipinski definition) is 2. The van der Waals surface area contributed by atoms with Crippen LogP contribution in [0.5, 0.6) is 0 Å². The molecule has 1 saturated carbocycles. The van der Waals surface area contributed by atoms with Gasteiger partial charge in [0.15, 0.2) is 5.84 Å². The molecule has 0 radical (unpaired) electrons. The Morgan fingerprint density at radius 3 is 2.61 bits per heavy atom. The van der Waals surface area contributed by atoms with Crippen molar-refractivity contribution in [1.82, 2.24) is 4.90 Å². The molecule has 1 amide bonds. The number of nitrogens with one attached hydrogen (secondary N) is 1. The van der Waals surface area contributed by atoms with Gasteiger partial charge in [-0.05, 0) is 47.5 Å². The van der Waals surface area contributed by atoms with Crippen molar-refractivity contribution in [2.75, 3.05) is 23.9 Å². The zero-order valence-electron chi connectivity index (χ0n) is 20.7. The average Bonchev–Trinajstić information content (AvgIpc) is 3.45. The zero-order chi connectivity index (χ0) is 26.2. The normalized spacial score (nSPS) is 28.7. The molecular formula is C24H31N3O6S3.